The van der Waals surface area contributed by atoms with Crippen molar-refractivity contribution >= 4 is 19.7 Å². The first kappa shape index (κ1) is 40.9. The second kappa shape index (κ2) is 27.0. The molecule has 8 heteroatoms. The third kappa shape index (κ3) is 21.6. The monoisotopic (exact) mass is 624 g/mol. The normalized spacial score (nSPS) is 20.1. The van der Waals surface area contributed by atoms with Crippen molar-refractivity contribution in [1.82, 2.24) is 5.32 Å². The Kier molecular flexibility index (Phi) is 25.1. The Morgan fingerprint density at radius 2 is 1.32 bits per heavy atom. The molecule has 2 unspecified atom stereocenters. The highest BCUT2D eigenvalue weighted by molar-refractivity contribution is 6.12. The molecule has 0 aromatic rings. The van der Waals surface area contributed by atoms with E-state index in [1.165, 1.54) is 70.6 Å². The molecule has 1 aliphatic carbocycles. The van der Waals surface area contributed by atoms with E-state index < -0.39 is 0 Å². The quantitative estimate of drug-likeness (QED) is 0.0522. The van der Waals surface area contributed by atoms with Crippen LogP contribution in [-0.4, -0.2) is 70.5 Å². The average Bonchev–Trinajstić information content (AvgIpc) is 3.27. The van der Waals surface area contributed by atoms with Gasteiger partial charge in [0.2, 0.25) is 0 Å². The summed E-state index contributed by atoms with van der Waals surface area (Å²) in [5, 5.41) is 2.87. The first-order valence-electron chi connectivity index (χ1n) is 18.6. The SMILES string of the molecule is B[C@@H]1C[C@H](COC(C)C)C(OC(C)C)C1OCCCCCCNC(=O)COC(=O)CCCCCCCCCCCCCCC. The lowest BCUT2D eigenvalue weighted by atomic mass is 9.83. The second-order valence-electron chi connectivity index (χ2n) is 13.8. The first-order chi connectivity index (χ1) is 21.2. The van der Waals surface area contributed by atoms with Gasteiger partial charge in [-0.25, -0.2) is 0 Å². The predicted octanol–water partition coefficient (Wildman–Crippen LogP) is 7.73. The van der Waals surface area contributed by atoms with Crippen molar-refractivity contribution in [3.05, 3.63) is 0 Å². The second-order valence-corrected chi connectivity index (χ2v) is 13.8. The number of esters is 1. The number of carbonyl (C=O) groups is 2. The Morgan fingerprint density at radius 3 is 1.91 bits per heavy atom. The largest absolute Gasteiger partial charge is 0.456 e. The molecule has 258 valence electrons. The highest BCUT2D eigenvalue weighted by atomic mass is 16.6. The minimum Gasteiger partial charge on any atom is -0.456 e. The van der Waals surface area contributed by atoms with Crippen molar-refractivity contribution in [2.75, 3.05) is 26.4 Å². The van der Waals surface area contributed by atoms with Crippen molar-refractivity contribution in [2.45, 2.75) is 187 Å². The molecule has 4 atom stereocenters. The molecule has 7 nitrogen and oxygen atoms in total. The third-order valence-corrected chi connectivity index (χ3v) is 8.65. The van der Waals surface area contributed by atoms with E-state index in [-0.39, 0.29) is 42.9 Å². The van der Waals surface area contributed by atoms with E-state index in [1.54, 1.807) is 0 Å². The van der Waals surface area contributed by atoms with Gasteiger partial charge >= 0.3 is 5.97 Å². The van der Waals surface area contributed by atoms with Gasteiger partial charge in [0.25, 0.3) is 5.91 Å². The zero-order valence-electron chi connectivity index (χ0n) is 29.7. The van der Waals surface area contributed by atoms with Crippen LogP contribution in [0.25, 0.3) is 0 Å². The molecule has 0 saturated heterocycles. The average molecular weight is 624 g/mol. The number of amides is 1. The minimum absolute atomic E-state index is 0.0856. The summed E-state index contributed by atoms with van der Waals surface area (Å²) < 4.78 is 23.7. The van der Waals surface area contributed by atoms with Crippen molar-refractivity contribution < 1.29 is 28.5 Å². The van der Waals surface area contributed by atoms with Gasteiger partial charge in [-0.2, -0.15) is 0 Å². The minimum atomic E-state index is -0.264. The summed E-state index contributed by atoms with van der Waals surface area (Å²) in [6.45, 7) is 12.5. The molecule has 1 amide bonds. The first-order valence-corrected chi connectivity index (χ1v) is 18.6. The van der Waals surface area contributed by atoms with Gasteiger partial charge in [0.15, 0.2) is 6.61 Å². The van der Waals surface area contributed by atoms with E-state index in [2.05, 4.69) is 47.8 Å². The number of nitrogens with one attached hydrogen (secondary N) is 1. The van der Waals surface area contributed by atoms with Gasteiger partial charge in [0.05, 0.1) is 31.0 Å². The van der Waals surface area contributed by atoms with E-state index >= 15 is 0 Å². The third-order valence-electron chi connectivity index (χ3n) is 8.65. The van der Waals surface area contributed by atoms with E-state index in [1.807, 2.05) is 0 Å². The molecule has 0 aromatic heterocycles. The van der Waals surface area contributed by atoms with E-state index in [0.717, 1.165) is 58.2 Å². The van der Waals surface area contributed by atoms with Crippen LogP contribution in [0.2, 0.25) is 5.82 Å². The Hall–Kier alpha value is -1.12. The molecule has 44 heavy (non-hydrogen) atoms. The predicted molar refractivity (Wildman–Crippen MR) is 184 cm³/mol. The molecule has 0 aromatic carbocycles. The number of unbranched alkanes of at least 4 members (excludes halogenated alkanes) is 15. The molecule has 1 N–H and O–H groups in total. The van der Waals surface area contributed by atoms with Crippen molar-refractivity contribution in [2.24, 2.45) is 5.92 Å². The Labute approximate surface area is 272 Å². The smallest absolute Gasteiger partial charge is 0.306 e. The van der Waals surface area contributed by atoms with Gasteiger partial charge in [-0.05, 0) is 59.2 Å². The molecule has 0 bridgehead atoms. The van der Waals surface area contributed by atoms with Gasteiger partial charge < -0.3 is 24.3 Å². The molecular formula is C36H70BNO6. The molecule has 1 fully saturated rings. The van der Waals surface area contributed by atoms with Crippen LogP contribution >= 0.6 is 0 Å². The van der Waals surface area contributed by atoms with Gasteiger partial charge in [-0.1, -0.05) is 96.8 Å². The van der Waals surface area contributed by atoms with E-state index in [0.29, 0.717) is 24.7 Å². The topological polar surface area (TPSA) is 83.1 Å². The zero-order valence-corrected chi connectivity index (χ0v) is 29.7. The molecule has 0 radical (unpaired) electrons. The molecular weight excluding hydrogens is 553 g/mol. The summed E-state index contributed by atoms with van der Waals surface area (Å²) in [6, 6.07) is 0. The molecule has 0 heterocycles. The van der Waals surface area contributed by atoms with Crippen LogP contribution < -0.4 is 5.32 Å². The van der Waals surface area contributed by atoms with Crippen LogP contribution in [0.1, 0.15) is 157 Å². The van der Waals surface area contributed by atoms with Crippen LogP contribution in [0.15, 0.2) is 0 Å². The maximum atomic E-state index is 12.0. The standard InChI is InChI=1S/C36H70BNO6/c1-6-7-8-9-10-11-12-13-14-15-16-17-20-23-34(40)43-28-33(39)38-24-21-18-19-22-25-41-36-32(37)26-31(27-42-29(2)3)35(36)44-30(4)5/h29-32,35-36H,6-28,37H2,1-5H3,(H,38,39)/t31-,32-,35?,36?/m1/s1. The summed E-state index contributed by atoms with van der Waals surface area (Å²) in [6.07, 6.45) is 22.7. The number of ether oxygens (including phenoxy) is 4. The van der Waals surface area contributed by atoms with Gasteiger partial charge in [-0.15, -0.1) is 0 Å². The Bertz CT molecular complexity index is 706. The lowest BCUT2D eigenvalue weighted by Gasteiger charge is -2.29. The van der Waals surface area contributed by atoms with E-state index in [9.17, 15) is 9.59 Å². The summed E-state index contributed by atoms with van der Waals surface area (Å²) >= 11 is 0. The van der Waals surface area contributed by atoms with Gasteiger partial charge in [-0.3, -0.25) is 9.59 Å². The van der Waals surface area contributed by atoms with Crippen molar-refractivity contribution in [3.63, 3.8) is 0 Å². The summed E-state index contributed by atoms with van der Waals surface area (Å²) in [4.78, 5) is 24.0. The highest BCUT2D eigenvalue weighted by Gasteiger charge is 2.43. The fourth-order valence-corrected chi connectivity index (χ4v) is 6.16. The van der Waals surface area contributed by atoms with Gasteiger partial charge in [0.1, 0.15) is 7.85 Å². The number of hydrogen-bond acceptors (Lipinski definition) is 6. The maximum absolute atomic E-state index is 12.0. The number of rotatable bonds is 29. The Morgan fingerprint density at radius 1 is 0.750 bits per heavy atom. The van der Waals surface area contributed by atoms with Crippen LogP contribution in [0.3, 0.4) is 0 Å². The van der Waals surface area contributed by atoms with Crippen LogP contribution in [0.5, 0.6) is 0 Å². The van der Waals surface area contributed by atoms with E-state index in [4.69, 9.17) is 18.9 Å². The number of carbonyl (C=O) groups excluding carboxylic acids is 2. The van der Waals surface area contributed by atoms with Gasteiger partial charge in [0, 0.05) is 25.5 Å². The molecule has 1 saturated carbocycles. The molecule has 0 spiro atoms. The maximum Gasteiger partial charge on any atom is 0.306 e. The van der Waals surface area contributed by atoms with Crippen LogP contribution in [0, 0.1) is 5.92 Å². The lowest BCUT2D eigenvalue weighted by molar-refractivity contribution is -0.148. The van der Waals surface area contributed by atoms with Crippen LogP contribution in [-0.2, 0) is 28.5 Å². The fourth-order valence-electron chi connectivity index (χ4n) is 6.16. The molecule has 0 aliphatic heterocycles. The van der Waals surface area contributed by atoms with Crippen molar-refractivity contribution in [1.29, 1.82) is 0 Å². The Balaban J connectivity index is 1.98. The highest BCUT2D eigenvalue weighted by Crippen LogP contribution is 2.39. The van der Waals surface area contributed by atoms with Crippen LogP contribution in [0.4, 0.5) is 0 Å². The lowest BCUT2D eigenvalue weighted by Crippen LogP contribution is -2.36. The van der Waals surface area contributed by atoms with Crippen molar-refractivity contribution in [3.8, 4) is 0 Å². The molecule has 1 rings (SSSR count). The number of hydrogen-bond donors (Lipinski definition) is 1. The zero-order chi connectivity index (χ0) is 32.4. The molecule has 1 aliphatic rings. The summed E-state index contributed by atoms with van der Waals surface area (Å²) in [5.41, 5.74) is 0. The fraction of sp³-hybridized carbons (Fsp3) is 0.944. The summed E-state index contributed by atoms with van der Waals surface area (Å²) in [7, 11) is 2.26. The summed E-state index contributed by atoms with van der Waals surface area (Å²) in [5.74, 6) is 0.356.